The van der Waals surface area contributed by atoms with Crippen molar-refractivity contribution in [1.82, 2.24) is 15.1 Å². The Hall–Kier alpha value is -1.95. The summed E-state index contributed by atoms with van der Waals surface area (Å²) in [5, 5.41) is 3.02. The second kappa shape index (κ2) is 8.78. The summed E-state index contributed by atoms with van der Waals surface area (Å²) >= 11 is 0. The molecule has 0 spiro atoms. The van der Waals surface area contributed by atoms with Crippen LogP contribution in [0, 0.1) is 0 Å². The zero-order valence-electron chi connectivity index (χ0n) is 15.2. The summed E-state index contributed by atoms with van der Waals surface area (Å²) in [7, 11) is 6.78. The van der Waals surface area contributed by atoms with Crippen LogP contribution in [0.3, 0.4) is 0 Å². The third kappa shape index (κ3) is 4.54. The Balaban J connectivity index is 2.22. The average molecular weight is 335 g/mol. The molecule has 1 unspecified atom stereocenters. The molecule has 1 aromatic rings. The number of urea groups is 1. The number of hydrogen-bond acceptors (Lipinski definition) is 4. The summed E-state index contributed by atoms with van der Waals surface area (Å²) in [6.45, 7) is 2.68. The first-order valence-corrected chi connectivity index (χ1v) is 8.48. The highest BCUT2D eigenvalue weighted by Crippen LogP contribution is 2.32. The maximum atomic E-state index is 11.9. The topological polar surface area (TPSA) is 54.0 Å². The molecule has 1 atom stereocenters. The fraction of sp³-hybridized carbons (Fsp3) is 0.611. The van der Waals surface area contributed by atoms with Crippen molar-refractivity contribution in [3.63, 3.8) is 0 Å². The van der Waals surface area contributed by atoms with Gasteiger partial charge in [-0.1, -0.05) is 12.5 Å². The monoisotopic (exact) mass is 335 g/mol. The summed E-state index contributed by atoms with van der Waals surface area (Å²) in [6.07, 6.45) is 3.68. The first kappa shape index (κ1) is 18.4. The Morgan fingerprint density at radius 3 is 2.42 bits per heavy atom. The molecule has 2 amide bonds. The molecule has 1 heterocycles. The molecule has 0 saturated carbocycles. The number of likely N-dealkylation sites (tertiary alicyclic amines) is 1. The van der Waals surface area contributed by atoms with Crippen LogP contribution in [-0.2, 0) is 0 Å². The molecule has 0 bridgehead atoms. The van der Waals surface area contributed by atoms with Crippen LogP contribution in [0.1, 0.15) is 30.9 Å². The average Bonchev–Trinajstić information content (AvgIpc) is 2.62. The van der Waals surface area contributed by atoms with Crippen LogP contribution in [0.2, 0.25) is 0 Å². The number of carbonyl (C=O) groups is 1. The number of ether oxygens (including phenoxy) is 2. The van der Waals surface area contributed by atoms with Gasteiger partial charge in [-0.25, -0.2) is 4.79 Å². The number of rotatable bonds is 6. The lowest BCUT2D eigenvalue weighted by molar-refractivity contribution is 0.157. The molecule has 1 aliphatic rings. The van der Waals surface area contributed by atoms with Gasteiger partial charge < -0.3 is 19.7 Å². The molecular weight excluding hydrogens is 306 g/mol. The predicted octanol–water partition coefficient (Wildman–Crippen LogP) is 2.50. The van der Waals surface area contributed by atoms with Crippen molar-refractivity contribution >= 4 is 6.03 Å². The van der Waals surface area contributed by atoms with E-state index in [0.717, 1.165) is 30.2 Å². The van der Waals surface area contributed by atoms with Gasteiger partial charge in [0.15, 0.2) is 11.5 Å². The smallest absolute Gasteiger partial charge is 0.316 e. The quantitative estimate of drug-likeness (QED) is 0.868. The van der Waals surface area contributed by atoms with Crippen LogP contribution in [0.25, 0.3) is 0 Å². The van der Waals surface area contributed by atoms with Gasteiger partial charge in [-0.05, 0) is 43.6 Å². The first-order valence-electron chi connectivity index (χ1n) is 8.48. The fourth-order valence-electron chi connectivity index (χ4n) is 3.09. The molecule has 1 N–H and O–H groups in total. The maximum Gasteiger partial charge on any atom is 0.316 e. The molecule has 1 aromatic carbocycles. The lowest BCUT2D eigenvalue weighted by atomic mass is 10.0. The van der Waals surface area contributed by atoms with Gasteiger partial charge in [0.25, 0.3) is 0 Å². The number of benzene rings is 1. The van der Waals surface area contributed by atoms with E-state index < -0.39 is 0 Å². The van der Waals surface area contributed by atoms with E-state index in [4.69, 9.17) is 9.47 Å². The first-order chi connectivity index (χ1) is 11.6. The highest BCUT2D eigenvalue weighted by molar-refractivity contribution is 5.73. The van der Waals surface area contributed by atoms with E-state index in [1.165, 1.54) is 19.3 Å². The largest absolute Gasteiger partial charge is 0.493 e. The van der Waals surface area contributed by atoms with Crippen molar-refractivity contribution in [2.45, 2.75) is 25.3 Å². The Kier molecular flexibility index (Phi) is 6.73. The van der Waals surface area contributed by atoms with E-state index >= 15 is 0 Å². The van der Waals surface area contributed by atoms with Gasteiger partial charge in [-0.3, -0.25) is 4.90 Å². The molecule has 6 heteroatoms. The van der Waals surface area contributed by atoms with Crippen LogP contribution >= 0.6 is 0 Å². The van der Waals surface area contributed by atoms with Crippen LogP contribution in [0.5, 0.6) is 11.5 Å². The Bertz CT molecular complexity index is 542. The minimum atomic E-state index is -0.0718. The summed E-state index contributed by atoms with van der Waals surface area (Å²) < 4.78 is 10.8. The lowest BCUT2D eigenvalue weighted by Crippen LogP contribution is -2.43. The molecule has 1 saturated heterocycles. The van der Waals surface area contributed by atoms with Crippen LogP contribution in [0.4, 0.5) is 4.79 Å². The molecule has 0 aromatic heterocycles. The van der Waals surface area contributed by atoms with E-state index in [2.05, 4.69) is 16.3 Å². The zero-order valence-corrected chi connectivity index (χ0v) is 15.2. The SMILES string of the molecule is COc1ccc(C(CNC(=O)N(C)C)N2CCCCC2)cc1OC. The Morgan fingerprint density at radius 2 is 1.83 bits per heavy atom. The molecule has 134 valence electrons. The number of carbonyl (C=O) groups excluding carboxylic acids is 1. The van der Waals surface area contributed by atoms with Gasteiger partial charge in [0.2, 0.25) is 0 Å². The molecule has 2 rings (SSSR count). The highest BCUT2D eigenvalue weighted by Gasteiger charge is 2.24. The van der Waals surface area contributed by atoms with E-state index in [9.17, 15) is 4.79 Å². The van der Waals surface area contributed by atoms with Crippen molar-refractivity contribution in [3.8, 4) is 11.5 Å². The summed E-state index contributed by atoms with van der Waals surface area (Å²) in [5.74, 6) is 1.44. The standard InChI is InChI=1S/C18H29N3O3/c1-20(2)18(22)19-13-15(21-10-6-5-7-11-21)14-8-9-16(23-3)17(12-14)24-4/h8-9,12,15H,5-7,10-11,13H2,1-4H3,(H,19,22). The molecule has 1 aliphatic heterocycles. The van der Waals surface area contributed by atoms with Crippen molar-refractivity contribution in [2.75, 3.05) is 47.9 Å². The summed E-state index contributed by atoms with van der Waals surface area (Å²) in [6, 6.07) is 6.06. The van der Waals surface area contributed by atoms with E-state index in [0.29, 0.717) is 6.54 Å². The number of nitrogens with zero attached hydrogens (tertiary/aromatic N) is 2. The minimum Gasteiger partial charge on any atom is -0.493 e. The molecule has 0 aliphatic carbocycles. The number of piperidine rings is 1. The Labute approximate surface area is 144 Å². The van der Waals surface area contributed by atoms with E-state index in [1.807, 2.05) is 12.1 Å². The highest BCUT2D eigenvalue weighted by atomic mass is 16.5. The lowest BCUT2D eigenvalue weighted by Gasteiger charge is -2.35. The third-order valence-corrected chi connectivity index (χ3v) is 4.48. The normalized spacial score (nSPS) is 16.3. The number of methoxy groups -OCH3 is 2. The van der Waals surface area contributed by atoms with Crippen LogP contribution in [-0.4, -0.2) is 63.8 Å². The van der Waals surface area contributed by atoms with Crippen molar-refractivity contribution in [2.24, 2.45) is 0 Å². The van der Waals surface area contributed by atoms with Crippen molar-refractivity contribution < 1.29 is 14.3 Å². The molecule has 24 heavy (non-hydrogen) atoms. The molecular formula is C18H29N3O3. The molecule has 1 fully saturated rings. The van der Waals surface area contributed by atoms with Gasteiger partial charge in [-0.2, -0.15) is 0 Å². The van der Waals surface area contributed by atoms with Gasteiger partial charge in [0.05, 0.1) is 20.3 Å². The number of amides is 2. The van der Waals surface area contributed by atoms with Gasteiger partial charge in [0, 0.05) is 20.6 Å². The predicted molar refractivity (Wildman–Crippen MR) is 94.8 cm³/mol. The zero-order chi connectivity index (χ0) is 17.5. The summed E-state index contributed by atoms with van der Waals surface area (Å²) in [5.41, 5.74) is 1.13. The van der Waals surface area contributed by atoms with E-state index in [1.54, 1.807) is 33.2 Å². The number of nitrogens with one attached hydrogen (secondary N) is 1. The molecule has 6 nitrogen and oxygen atoms in total. The van der Waals surface area contributed by atoms with Crippen LogP contribution in [0.15, 0.2) is 18.2 Å². The maximum absolute atomic E-state index is 11.9. The summed E-state index contributed by atoms with van der Waals surface area (Å²) in [4.78, 5) is 15.9. The fourth-order valence-corrected chi connectivity index (χ4v) is 3.09. The number of hydrogen-bond donors (Lipinski definition) is 1. The van der Waals surface area contributed by atoms with Crippen molar-refractivity contribution in [3.05, 3.63) is 23.8 Å². The van der Waals surface area contributed by atoms with Crippen LogP contribution < -0.4 is 14.8 Å². The van der Waals surface area contributed by atoms with E-state index in [-0.39, 0.29) is 12.1 Å². The second-order valence-corrected chi connectivity index (χ2v) is 6.31. The Morgan fingerprint density at radius 1 is 1.17 bits per heavy atom. The minimum absolute atomic E-state index is 0.0718. The van der Waals surface area contributed by atoms with Gasteiger partial charge >= 0.3 is 6.03 Å². The van der Waals surface area contributed by atoms with Gasteiger partial charge in [0.1, 0.15) is 0 Å². The third-order valence-electron chi connectivity index (χ3n) is 4.48. The second-order valence-electron chi connectivity index (χ2n) is 6.31. The van der Waals surface area contributed by atoms with Crippen molar-refractivity contribution in [1.29, 1.82) is 0 Å². The van der Waals surface area contributed by atoms with Gasteiger partial charge in [-0.15, -0.1) is 0 Å². The molecule has 0 radical (unpaired) electrons.